The molecule has 2 heterocycles. The van der Waals surface area contributed by atoms with Gasteiger partial charge in [0, 0.05) is 6.54 Å². The zero-order valence-electron chi connectivity index (χ0n) is 11.5. The maximum atomic E-state index is 12.4. The van der Waals surface area contributed by atoms with Crippen molar-refractivity contribution in [2.24, 2.45) is 0 Å². The number of nitrogens with zero attached hydrogens (tertiary/aromatic N) is 1. The summed E-state index contributed by atoms with van der Waals surface area (Å²) in [5.41, 5.74) is 1.90. The van der Waals surface area contributed by atoms with Crippen LogP contribution in [0.4, 0.5) is 0 Å². The van der Waals surface area contributed by atoms with E-state index in [2.05, 4.69) is 4.98 Å². The molecule has 0 atom stereocenters. The molecule has 0 unspecified atom stereocenters. The van der Waals surface area contributed by atoms with Crippen molar-refractivity contribution in [1.29, 1.82) is 0 Å². The molecular formula is C15H14N2O2S2. The minimum absolute atomic E-state index is 0.0216. The molecule has 3 aromatic rings. The number of aryl methyl sites for hydroxylation is 1. The third-order valence-electron chi connectivity index (χ3n) is 3.35. The van der Waals surface area contributed by atoms with E-state index in [1.54, 1.807) is 11.7 Å². The highest BCUT2D eigenvalue weighted by Gasteiger charge is 2.07. The summed E-state index contributed by atoms with van der Waals surface area (Å²) in [5, 5.41) is 1.89. The topological polar surface area (TPSA) is 47.0 Å². The average molecular weight is 318 g/mol. The van der Waals surface area contributed by atoms with Crippen molar-refractivity contribution in [1.82, 2.24) is 9.55 Å². The number of fused-ring (bicyclic) bond motifs is 1. The zero-order valence-corrected chi connectivity index (χ0v) is 13.1. The predicted molar refractivity (Wildman–Crippen MR) is 88.0 cm³/mol. The van der Waals surface area contributed by atoms with Gasteiger partial charge in [-0.25, -0.2) is 0 Å². The van der Waals surface area contributed by atoms with Crippen molar-refractivity contribution in [2.45, 2.75) is 13.0 Å². The number of nitrogens with one attached hydrogen (secondary N) is 1. The first-order valence-corrected chi connectivity index (χ1v) is 7.81. The molecule has 0 saturated heterocycles. The quantitative estimate of drug-likeness (QED) is 0.750. The summed E-state index contributed by atoms with van der Waals surface area (Å²) in [7, 11) is 1.64. The number of aromatic nitrogens is 2. The van der Waals surface area contributed by atoms with Gasteiger partial charge in [0.05, 0.1) is 12.6 Å². The number of aromatic amines is 1. The number of benzene rings is 1. The zero-order chi connectivity index (χ0) is 14.8. The average Bonchev–Trinajstić information content (AvgIpc) is 2.95. The van der Waals surface area contributed by atoms with E-state index in [1.165, 1.54) is 11.3 Å². The van der Waals surface area contributed by atoms with E-state index < -0.39 is 0 Å². The predicted octanol–water partition coefficient (Wildman–Crippen LogP) is 3.37. The fourth-order valence-corrected chi connectivity index (χ4v) is 3.32. The van der Waals surface area contributed by atoms with Crippen LogP contribution in [0.5, 0.6) is 5.75 Å². The summed E-state index contributed by atoms with van der Waals surface area (Å²) in [6.45, 7) is 0.551. The van der Waals surface area contributed by atoms with Gasteiger partial charge in [0.2, 0.25) is 0 Å². The van der Waals surface area contributed by atoms with E-state index in [4.69, 9.17) is 17.0 Å². The Bertz CT molecular complexity index is 892. The largest absolute Gasteiger partial charge is 0.497 e. The molecule has 0 saturated carbocycles. The van der Waals surface area contributed by atoms with Crippen molar-refractivity contribution < 1.29 is 4.74 Å². The normalized spacial score (nSPS) is 10.9. The van der Waals surface area contributed by atoms with Crippen molar-refractivity contribution in [3.05, 3.63) is 56.4 Å². The Labute approximate surface area is 130 Å². The van der Waals surface area contributed by atoms with Crippen LogP contribution in [0.15, 0.2) is 40.5 Å². The number of H-pyrrole nitrogens is 1. The van der Waals surface area contributed by atoms with Crippen molar-refractivity contribution in [3.8, 4) is 5.75 Å². The Hall–Kier alpha value is -1.92. The molecule has 1 N–H and O–H groups in total. The lowest BCUT2D eigenvalue weighted by Gasteiger charge is -2.07. The van der Waals surface area contributed by atoms with Gasteiger partial charge >= 0.3 is 0 Å². The second-order valence-electron chi connectivity index (χ2n) is 4.65. The molecule has 4 nitrogen and oxygen atoms in total. The molecule has 108 valence electrons. The standard InChI is InChI=1S/C15H14N2O2S2/c1-19-11-4-2-3-10(9-11)5-7-17-14(18)13-12(6-8-21-13)16-15(17)20/h2-4,6,8-9H,5,7H2,1H3,(H,16,20). The molecule has 0 spiro atoms. The summed E-state index contributed by atoms with van der Waals surface area (Å²) in [6.07, 6.45) is 0.728. The minimum atomic E-state index is -0.0216. The van der Waals surface area contributed by atoms with Crippen LogP contribution in [0.2, 0.25) is 0 Å². The lowest BCUT2D eigenvalue weighted by molar-refractivity contribution is 0.414. The molecule has 0 aliphatic heterocycles. The first kappa shape index (κ1) is 14.0. The Kier molecular flexibility index (Phi) is 3.90. The maximum absolute atomic E-state index is 12.4. The Morgan fingerprint density at radius 3 is 3.05 bits per heavy atom. The van der Waals surface area contributed by atoms with Gasteiger partial charge in [0.15, 0.2) is 4.77 Å². The molecule has 2 aromatic heterocycles. The number of thiophene rings is 1. The molecule has 0 amide bonds. The molecule has 0 fully saturated rings. The van der Waals surface area contributed by atoms with Gasteiger partial charge in [-0.05, 0) is 47.8 Å². The van der Waals surface area contributed by atoms with E-state index in [0.717, 1.165) is 23.3 Å². The van der Waals surface area contributed by atoms with Crippen LogP contribution in [0.25, 0.3) is 10.2 Å². The van der Waals surface area contributed by atoms with Crippen LogP contribution in [0.1, 0.15) is 5.56 Å². The second-order valence-corrected chi connectivity index (χ2v) is 5.95. The lowest BCUT2D eigenvalue weighted by Crippen LogP contribution is -2.22. The summed E-state index contributed by atoms with van der Waals surface area (Å²) in [6, 6.07) is 9.72. The van der Waals surface area contributed by atoms with Crippen LogP contribution < -0.4 is 10.3 Å². The monoisotopic (exact) mass is 318 g/mol. The number of rotatable bonds is 4. The second kappa shape index (κ2) is 5.83. The molecule has 3 rings (SSSR count). The highest BCUT2D eigenvalue weighted by Crippen LogP contribution is 2.15. The van der Waals surface area contributed by atoms with Gasteiger partial charge in [0.25, 0.3) is 5.56 Å². The van der Waals surface area contributed by atoms with E-state index in [9.17, 15) is 4.79 Å². The molecule has 0 aliphatic rings. The fraction of sp³-hybridized carbons (Fsp3) is 0.200. The lowest BCUT2D eigenvalue weighted by atomic mass is 10.1. The van der Waals surface area contributed by atoms with E-state index in [0.29, 0.717) is 16.0 Å². The summed E-state index contributed by atoms with van der Waals surface area (Å²) in [4.78, 5) is 15.5. The van der Waals surface area contributed by atoms with Gasteiger partial charge < -0.3 is 9.72 Å². The minimum Gasteiger partial charge on any atom is -0.497 e. The molecule has 21 heavy (non-hydrogen) atoms. The Morgan fingerprint density at radius 1 is 1.38 bits per heavy atom. The smallest absolute Gasteiger partial charge is 0.272 e. The molecule has 0 bridgehead atoms. The number of ether oxygens (including phenoxy) is 1. The van der Waals surface area contributed by atoms with Gasteiger partial charge in [-0.15, -0.1) is 11.3 Å². The first-order chi connectivity index (χ1) is 10.2. The summed E-state index contributed by atoms with van der Waals surface area (Å²) >= 11 is 6.72. The molecular weight excluding hydrogens is 304 g/mol. The van der Waals surface area contributed by atoms with Crippen LogP contribution in [0, 0.1) is 4.77 Å². The van der Waals surface area contributed by atoms with Crippen molar-refractivity contribution in [2.75, 3.05) is 7.11 Å². The fourth-order valence-electron chi connectivity index (χ4n) is 2.24. The highest BCUT2D eigenvalue weighted by molar-refractivity contribution is 7.71. The van der Waals surface area contributed by atoms with Crippen LogP contribution in [-0.2, 0) is 13.0 Å². The summed E-state index contributed by atoms with van der Waals surface area (Å²) < 4.78 is 8.01. The van der Waals surface area contributed by atoms with Crippen molar-refractivity contribution in [3.63, 3.8) is 0 Å². The van der Waals surface area contributed by atoms with Crippen LogP contribution >= 0.6 is 23.6 Å². The van der Waals surface area contributed by atoms with Gasteiger partial charge in [-0.1, -0.05) is 12.1 Å². The SMILES string of the molecule is COc1cccc(CCn2c(=S)[nH]c3ccsc3c2=O)c1. The molecule has 1 aromatic carbocycles. The van der Waals surface area contributed by atoms with Gasteiger partial charge in [-0.3, -0.25) is 9.36 Å². The third-order valence-corrected chi connectivity index (χ3v) is 4.57. The summed E-state index contributed by atoms with van der Waals surface area (Å²) in [5.74, 6) is 0.818. The van der Waals surface area contributed by atoms with E-state index in [1.807, 2.05) is 35.7 Å². The third kappa shape index (κ3) is 2.77. The highest BCUT2D eigenvalue weighted by atomic mass is 32.1. The molecule has 0 radical (unpaired) electrons. The van der Waals surface area contributed by atoms with E-state index >= 15 is 0 Å². The van der Waals surface area contributed by atoms with Crippen molar-refractivity contribution >= 4 is 33.8 Å². The number of hydrogen-bond acceptors (Lipinski definition) is 4. The van der Waals surface area contributed by atoms with Crippen LogP contribution in [-0.4, -0.2) is 16.7 Å². The number of hydrogen-bond donors (Lipinski definition) is 1. The van der Waals surface area contributed by atoms with Crippen LogP contribution in [0.3, 0.4) is 0 Å². The van der Waals surface area contributed by atoms with Gasteiger partial charge in [0.1, 0.15) is 10.4 Å². The first-order valence-electron chi connectivity index (χ1n) is 6.52. The Morgan fingerprint density at radius 2 is 2.24 bits per heavy atom. The van der Waals surface area contributed by atoms with Gasteiger partial charge in [-0.2, -0.15) is 0 Å². The maximum Gasteiger partial charge on any atom is 0.272 e. The molecule has 6 heteroatoms. The number of methoxy groups -OCH3 is 1. The Balaban J connectivity index is 1.91. The molecule has 0 aliphatic carbocycles. The van der Waals surface area contributed by atoms with E-state index in [-0.39, 0.29) is 5.56 Å².